The summed E-state index contributed by atoms with van der Waals surface area (Å²) in [6.45, 7) is 2.50. The lowest BCUT2D eigenvalue weighted by Crippen LogP contribution is -2.28. The number of anilines is 1. The van der Waals surface area contributed by atoms with Crippen molar-refractivity contribution in [3.8, 4) is 5.75 Å². The van der Waals surface area contributed by atoms with Crippen LogP contribution in [0.5, 0.6) is 5.75 Å². The number of aryl methyl sites for hydroxylation is 1. The average molecular weight is 340 g/mol. The number of guanidine groups is 1. The van der Waals surface area contributed by atoms with Crippen LogP contribution in [-0.2, 0) is 17.8 Å². The van der Waals surface area contributed by atoms with Crippen molar-refractivity contribution in [1.82, 2.24) is 5.32 Å². The number of rotatable bonds is 7. The summed E-state index contributed by atoms with van der Waals surface area (Å²) in [7, 11) is 1.62. The maximum atomic E-state index is 11.9. The van der Waals surface area contributed by atoms with Gasteiger partial charge in [-0.1, -0.05) is 31.2 Å². The van der Waals surface area contributed by atoms with Gasteiger partial charge in [0.2, 0.25) is 5.91 Å². The number of aliphatic imine (C=N–C) groups is 1. The van der Waals surface area contributed by atoms with E-state index in [2.05, 4.69) is 22.5 Å². The molecule has 0 spiro atoms. The van der Waals surface area contributed by atoms with E-state index in [4.69, 9.17) is 10.5 Å². The number of amides is 1. The molecule has 0 aromatic heterocycles. The number of benzene rings is 2. The topological polar surface area (TPSA) is 88.7 Å². The Morgan fingerprint density at radius 1 is 1.16 bits per heavy atom. The minimum Gasteiger partial charge on any atom is -0.497 e. The monoisotopic (exact) mass is 340 g/mol. The molecular formula is C19H24N4O2. The summed E-state index contributed by atoms with van der Waals surface area (Å²) in [5, 5.41) is 5.80. The lowest BCUT2D eigenvalue weighted by Gasteiger charge is -2.08. The van der Waals surface area contributed by atoms with Crippen molar-refractivity contribution in [3.05, 3.63) is 59.7 Å². The molecule has 0 saturated heterocycles. The van der Waals surface area contributed by atoms with Gasteiger partial charge in [-0.15, -0.1) is 0 Å². The van der Waals surface area contributed by atoms with Crippen molar-refractivity contribution in [2.45, 2.75) is 19.9 Å². The van der Waals surface area contributed by atoms with Gasteiger partial charge < -0.3 is 21.1 Å². The van der Waals surface area contributed by atoms with Crippen LogP contribution in [0.4, 0.5) is 5.69 Å². The number of hydrogen-bond acceptors (Lipinski definition) is 3. The van der Waals surface area contributed by atoms with E-state index in [1.807, 2.05) is 48.5 Å². The van der Waals surface area contributed by atoms with E-state index in [9.17, 15) is 4.79 Å². The number of carbonyl (C=O) groups excluding carboxylic acids is 1. The molecular weight excluding hydrogens is 316 g/mol. The molecule has 25 heavy (non-hydrogen) atoms. The highest BCUT2D eigenvalue weighted by Crippen LogP contribution is 2.11. The smallest absolute Gasteiger partial charge is 0.242 e. The predicted octanol–water partition coefficient (Wildman–Crippen LogP) is 2.30. The number of nitrogens with two attached hydrogens (primary N) is 1. The molecule has 0 unspecified atom stereocenters. The quantitative estimate of drug-likeness (QED) is 0.533. The fourth-order valence-corrected chi connectivity index (χ4v) is 2.21. The van der Waals surface area contributed by atoms with E-state index in [1.165, 1.54) is 5.56 Å². The molecule has 6 nitrogen and oxygen atoms in total. The number of hydrogen-bond donors (Lipinski definition) is 3. The fraction of sp³-hybridized carbons (Fsp3) is 0.263. The van der Waals surface area contributed by atoms with Gasteiger partial charge in [-0.3, -0.25) is 4.79 Å². The molecule has 0 radical (unpaired) electrons. The van der Waals surface area contributed by atoms with E-state index in [0.717, 1.165) is 23.4 Å². The molecule has 0 bridgehead atoms. The van der Waals surface area contributed by atoms with Crippen molar-refractivity contribution in [3.63, 3.8) is 0 Å². The first-order valence-corrected chi connectivity index (χ1v) is 8.16. The van der Waals surface area contributed by atoms with Crippen LogP contribution in [0.25, 0.3) is 0 Å². The Kier molecular flexibility index (Phi) is 6.83. The largest absolute Gasteiger partial charge is 0.497 e. The molecule has 0 aliphatic rings. The Morgan fingerprint density at radius 3 is 2.60 bits per heavy atom. The molecule has 2 aromatic rings. The van der Waals surface area contributed by atoms with Crippen LogP contribution in [0, 0.1) is 0 Å². The Hall–Kier alpha value is -3.02. The third-order valence-electron chi connectivity index (χ3n) is 3.65. The molecule has 2 rings (SSSR count). The predicted molar refractivity (Wildman–Crippen MR) is 101 cm³/mol. The standard InChI is InChI=1S/C19H24N4O2/c1-3-14-5-4-6-16(11-14)23-19(20)22-13-18(24)21-12-15-7-9-17(25-2)10-8-15/h4-11H,3,12-13H2,1-2H3,(H,21,24)(H3,20,22,23). The van der Waals surface area contributed by atoms with E-state index >= 15 is 0 Å². The normalized spacial score (nSPS) is 11.0. The van der Waals surface area contributed by atoms with Gasteiger partial charge in [0.15, 0.2) is 5.96 Å². The molecule has 0 heterocycles. The molecule has 0 fully saturated rings. The van der Waals surface area contributed by atoms with Crippen molar-refractivity contribution in [2.75, 3.05) is 19.0 Å². The van der Waals surface area contributed by atoms with Crippen molar-refractivity contribution < 1.29 is 9.53 Å². The molecule has 4 N–H and O–H groups in total. The summed E-state index contributed by atoms with van der Waals surface area (Å²) >= 11 is 0. The highest BCUT2D eigenvalue weighted by molar-refractivity contribution is 5.93. The zero-order valence-electron chi connectivity index (χ0n) is 14.6. The van der Waals surface area contributed by atoms with Gasteiger partial charge in [0.25, 0.3) is 0 Å². The molecule has 132 valence electrons. The van der Waals surface area contributed by atoms with Crippen LogP contribution in [-0.4, -0.2) is 25.5 Å². The maximum absolute atomic E-state index is 11.9. The minimum atomic E-state index is -0.192. The van der Waals surface area contributed by atoms with Crippen LogP contribution >= 0.6 is 0 Å². The van der Waals surface area contributed by atoms with Crippen LogP contribution in [0.2, 0.25) is 0 Å². The van der Waals surface area contributed by atoms with Gasteiger partial charge >= 0.3 is 0 Å². The highest BCUT2D eigenvalue weighted by atomic mass is 16.5. The van der Waals surface area contributed by atoms with Crippen molar-refractivity contribution in [2.24, 2.45) is 10.7 Å². The van der Waals surface area contributed by atoms with Crippen LogP contribution in [0.1, 0.15) is 18.1 Å². The second kappa shape index (κ2) is 9.32. The zero-order chi connectivity index (χ0) is 18.1. The first-order chi connectivity index (χ1) is 12.1. The van der Waals surface area contributed by atoms with Gasteiger partial charge in [0, 0.05) is 12.2 Å². The number of nitrogens with zero attached hydrogens (tertiary/aromatic N) is 1. The van der Waals surface area contributed by atoms with Crippen LogP contribution < -0.4 is 21.1 Å². The second-order valence-electron chi connectivity index (χ2n) is 5.51. The summed E-state index contributed by atoms with van der Waals surface area (Å²) in [5.74, 6) is 0.807. The number of methoxy groups -OCH3 is 1. The van der Waals surface area contributed by atoms with E-state index in [0.29, 0.717) is 6.54 Å². The summed E-state index contributed by atoms with van der Waals surface area (Å²) < 4.78 is 5.10. The molecule has 0 aliphatic heterocycles. The molecule has 0 saturated carbocycles. The van der Waals surface area contributed by atoms with E-state index in [-0.39, 0.29) is 18.4 Å². The number of ether oxygens (including phenoxy) is 1. The Labute approximate surface area is 148 Å². The average Bonchev–Trinajstić information content (AvgIpc) is 2.65. The SMILES string of the molecule is CCc1cccc(NC(N)=NCC(=O)NCc2ccc(OC)cc2)c1. The number of carbonyl (C=O) groups is 1. The lowest BCUT2D eigenvalue weighted by atomic mass is 10.1. The van der Waals surface area contributed by atoms with Crippen LogP contribution in [0.3, 0.4) is 0 Å². The summed E-state index contributed by atoms with van der Waals surface area (Å²) in [6, 6.07) is 15.4. The fourth-order valence-electron chi connectivity index (χ4n) is 2.21. The molecule has 1 amide bonds. The highest BCUT2D eigenvalue weighted by Gasteiger charge is 2.02. The molecule has 0 atom stereocenters. The Morgan fingerprint density at radius 2 is 1.92 bits per heavy atom. The summed E-state index contributed by atoms with van der Waals surface area (Å²) in [5.41, 5.74) is 8.88. The summed E-state index contributed by atoms with van der Waals surface area (Å²) in [4.78, 5) is 15.9. The van der Waals surface area contributed by atoms with Gasteiger partial charge in [0.1, 0.15) is 12.3 Å². The van der Waals surface area contributed by atoms with Gasteiger partial charge in [-0.05, 0) is 41.8 Å². The Balaban J connectivity index is 1.79. The third-order valence-corrected chi connectivity index (χ3v) is 3.65. The Bertz CT molecular complexity index is 726. The van der Waals surface area contributed by atoms with Gasteiger partial charge in [-0.25, -0.2) is 4.99 Å². The minimum absolute atomic E-state index is 0.0253. The summed E-state index contributed by atoms with van der Waals surface area (Å²) in [6.07, 6.45) is 0.945. The second-order valence-corrected chi connectivity index (χ2v) is 5.51. The molecule has 2 aromatic carbocycles. The molecule has 6 heteroatoms. The van der Waals surface area contributed by atoms with Gasteiger partial charge in [0.05, 0.1) is 7.11 Å². The lowest BCUT2D eigenvalue weighted by molar-refractivity contribution is -0.119. The van der Waals surface area contributed by atoms with Crippen molar-refractivity contribution in [1.29, 1.82) is 0 Å². The third kappa shape index (κ3) is 6.18. The van der Waals surface area contributed by atoms with E-state index in [1.54, 1.807) is 7.11 Å². The first kappa shape index (κ1) is 18.3. The number of nitrogens with one attached hydrogen (secondary N) is 2. The van der Waals surface area contributed by atoms with Crippen LogP contribution in [0.15, 0.2) is 53.5 Å². The zero-order valence-corrected chi connectivity index (χ0v) is 14.6. The molecule has 0 aliphatic carbocycles. The maximum Gasteiger partial charge on any atom is 0.242 e. The first-order valence-electron chi connectivity index (χ1n) is 8.16. The van der Waals surface area contributed by atoms with Crippen molar-refractivity contribution >= 4 is 17.6 Å². The van der Waals surface area contributed by atoms with E-state index < -0.39 is 0 Å². The van der Waals surface area contributed by atoms with Gasteiger partial charge in [-0.2, -0.15) is 0 Å².